The highest BCUT2D eigenvalue weighted by Gasteiger charge is 2.35. The minimum atomic E-state index is -0.485. The van der Waals surface area contributed by atoms with E-state index >= 15 is 0 Å². The summed E-state index contributed by atoms with van der Waals surface area (Å²) in [6.07, 6.45) is 0.00802. The summed E-state index contributed by atoms with van der Waals surface area (Å²) in [5, 5.41) is 2.60. The van der Waals surface area contributed by atoms with Gasteiger partial charge in [0.1, 0.15) is 6.61 Å². The topological polar surface area (TPSA) is 64.6 Å². The second-order valence-corrected chi connectivity index (χ2v) is 3.87. The monoisotopic (exact) mass is 227 g/mol. The first-order valence-electron chi connectivity index (χ1n) is 5.29. The van der Waals surface area contributed by atoms with E-state index in [1.807, 2.05) is 6.92 Å². The second kappa shape index (κ2) is 5.53. The molecule has 2 atom stereocenters. The van der Waals surface area contributed by atoms with E-state index in [1.54, 1.807) is 6.92 Å². The Balaban J connectivity index is 2.66. The lowest BCUT2D eigenvalue weighted by Crippen LogP contribution is -2.39. The number of nitrogens with one attached hydrogen (secondary N) is 1. The van der Waals surface area contributed by atoms with E-state index in [-0.39, 0.29) is 18.6 Å². The van der Waals surface area contributed by atoms with Crippen LogP contribution in [0.15, 0.2) is 12.2 Å². The first-order chi connectivity index (χ1) is 7.54. The van der Waals surface area contributed by atoms with E-state index in [2.05, 4.69) is 11.9 Å². The van der Waals surface area contributed by atoms with Gasteiger partial charge in [0.15, 0.2) is 0 Å². The van der Waals surface area contributed by atoms with Gasteiger partial charge >= 0.3 is 12.1 Å². The number of carbonyl (C=O) groups excluding carboxylic acids is 2. The predicted molar refractivity (Wildman–Crippen MR) is 57.8 cm³/mol. The third-order valence-electron chi connectivity index (χ3n) is 2.34. The van der Waals surface area contributed by atoms with Crippen LogP contribution in [0.1, 0.15) is 20.3 Å². The van der Waals surface area contributed by atoms with Gasteiger partial charge in [-0.25, -0.2) is 4.79 Å². The van der Waals surface area contributed by atoms with Crippen LogP contribution in [0, 0.1) is 5.92 Å². The summed E-state index contributed by atoms with van der Waals surface area (Å²) in [4.78, 5) is 22.6. The quantitative estimate of drug-likeness (QED) is 0.567. The lowest BCUT2D eigenvalue weighted by atomic mass is 9.94. The molecule has 0 spiro atoms. The average molecular weight is 227 g/mol. The van der Waals surface area contributed by atoms with Gasteiger partial charge in [0.2, 0.25) is 0 Å². The van der Waals surface area contributed by atoms with E-state index in [0.29, 0.717) is 13.0 Å². The Morgan fingerprint density at radius 1 is 1.75 bits per heavy atom. The van der Waals surface area contributed by atoms with E-state index in [0.717, 1.165) is 5.57 Å². The van der Waals surface area contributed by atoms with Crippen molar-refractivity contribution in [3.63, 3.8) is 0 Å². The lowest BCUT2D eigenvalue weighted by Gasteiger charge is -2.19. The number of hydrogen-bond acceptors (Lipinski definition) is 4. The van der Waals surface area contributed by atoms with Gasteiger partial charge in [-0.05, 0) is 20.3 Å². The van der Waals surface area contributed by atoms with Gasteiger partial charge in [0, 0.05) is 0 Å². The summed E-state index contributed by atoms with van der Waals surface area (Å²) >= 11 is 0. The fraction of sp³-hybridized carbons (Fsp3) is 0.636. The molecule has 1 saturated heterocycles. The number of carbonyl (C=O) groups is 2. The zero-order valence-corrected chi connectivity index (χ0v) is 9.62. The summed E-state index contributed by atoms with van der Waals surface area (Å²) < 4.78 is 9.73. The van der Waals surface area contributed by atoms with Crippen molar-refractivity contribution in [2.45, 2.75) is 26.3 Å². The van der Waals surface area contributed by atoms with Crippen LogP contribution in [0.2, 0.25) is 0 Å². The van der Waals surface area contributed by atoms with Gasteiger partial charge in [0.05, 0.1) is 18.6 Å². The Bertz CT molecular complexity index is 300. The largest absolute Gasteiger partial charge is 0.466 e. The van der Waals surface area contributed by atoms with Gasteiger partial charge in [-0.1, -0.05) is 5.57 Å². The van der Waals surface area contributed by atoms with Crippen LogP contribution in [-0.2, 0) is 14.3 Å². The molecule has 0 radical (unpaired) electrons. The number of rotatable bonds is 5. The molecule has 1 heterocycles. The maximum Gasteiger partial charge on any atom is 0.407 e. The van der Waals surface area contributed by atoms with Crippen molar-refractivity contribution in [2.75, 3.05) is 13.2 Å². The Morgan fingerprint density at radius 3 is 2.88 bits per heavy atom. The zero-order valence-electron chi connectivity index (χ0n) is 9.62. The molecule has 0 unspecified atom stereocenters. The number of alkyl carbamates (subject to hydrolysis) is 1. The number of allylic oxidation sites excluding steroid dienone is 1. The molecule has 90 valence electrons. The molecule has 1 rings (SSSR count). The summed E-state index contributed by atoms with van der Waals surface area (Å²) in [5.41, 5.74) is 0.874. The molecule has 0 aromatic rings. The molecule has 0 saturated carbocycles. The fourth-order valence-corrected chi connectivity index (χ4v) is 1.63. The smallest absolute Gasteiger partial charge is 0.407 e. The van der Waals surface area contributed by atoms with E-state index in [9.17, 15) is 9.59 Å². The van der Waals surface area contributed by atoms with Crippen LogP contribution in [0.25, 0.3) is 0 Å². The predicted octanol–water partition coefficient (Wildman–Crippen LogP) is 1.24. The minimum Gasteiger partial charge on any atom is -0.466 e. The van der Waals surface area contributed by atoms with Crippen molar-refractivity contribution in [1.82, 2.24) is 5.32 Å². The van der Waals surface area contributed by atoms with Gasteiger partial charge in [-0.3, -0.25) is 4.79 Å². The van der Waals surface area contributed by atoms with Crippen molar-refractivity contribution >= 4 is 12.1 Å². The number of cyclic esters (lactones) is 1. The van der Waals surface area contributed by atoms with Crippen LogP contribution < -0.4 is 5.32 Å². The maximum atomic E-state index is 11.7. The molecule has 0 aromatic heterocycles. The highest BCUT2D eigenvalue weighted by molar-refractivity contribution is 5.76. The number of ether oxygens (including phenoxy) is 2. The normalized spacial score (nSPS) is 20.9. The second-order valence-electron chi connectivity index (χ2n) is 3.87. The zero-order chi connectivity index (χ0) is 12.1. The van der Waals surface area contributed by atoms with E-state index in [1.165, 1.54) is 0 Å². The molecule has 1 N–H and O–H groups in total. The average Bonchev–Trinajstić information content (AvgIpc) is 2.61. The van der Waals surface area contributed by atoms with Crippen molar-refractivity contribution < 1.29 is 19.1 Å². The molecule has 0 aromatic carbocycles. The van der Waals surface area contributed by atoms with Crippen molar-refractivity contribution in [2.24, 2.45) is 5.92 Å². The van der Waals surface area contributed by atoms with E-state index in [4.69, 9.17) is 9.47 Å². The molecular weight excluding hydrogens is 210 g/mol. The molecular formula is C11H17NO4. The highest BCUT2D eigenvalue weighted by atomic mass is 16.6. The standard InChI is InChI=1S/C11H17NO4/c1-4-15-10(13)8(5-7(2)3)9-6-16-11(14)12-9/h8-9H,2,4-6H2,1,3H3,(H,12,14)/t8-,9-/m0/s1. The Hall–Kier alpha value is -1.52. The number of hydrogen-bond donors (Lipinski definition) is 1. The summed E-state index contributed by atoms with van der Waals surface area (Å²) in [7, 11) is 0. The molecule has 0 aliphatic carbocycles. The molecule has 5 nitrogen and oxygen atoms in total. The molecule has 1 aliphatic rings. The van der Waals surface area contributed by atoms with Gasteiger partial charge in [-0.2, -0.15) is 0 Å². The first-order valence-corrected chi connectivity index (χ1v) is 5.29. The summed E-state index contributed by atoms with van der Waals surface area (Å²) in [6.45, 7) is 7.88. The molecule has 5 heteroatoms. The molecule has 0 bridgehead atoms. The Kier molecular flexibility index (Phi) is 4.34. The van der Waals surface area contributed by atoms with Crippen LogP contribution >= 0.6 is 0 Å². The van der Waals surface area contributed by atoms with Crippen LogP contribution in [0.3, 0.4) is 0 Å². The van der Waals surface area contributed by atoms with Gasteiger partial charge in [0.25, 0.3) is 0 Å². The summed E-state index contributed by atoms with van der Waals surface area (Å²) in [6, 6.07) is -0.316. The molecule has 1 amide bonds. The first kappa shape index (κ1) is 12.5. The number of esters is 1. The SMILES string of the molecule is C=C(C)C[C@H](C(=O)OCC)[C@@H]1COC(=O)N1. The third-order valence-corrected chi connectivity index (χ3v) is 2.34. The highest BCUT2D eigenvalue weighted by Crippen LogP contribution is 2.19. The fourth-order valence-electron chi connectivity index (χ4n) is 1.63. The lowest BCUT2D eigenvalue weighted by molar-refractivity contribution is -0.149. The minimum absolute atomic E-state index is 0.204. The van der Waals surface area contributed by atoms with Crippen LogP contribution in [-0.4, -0.2) is 31.3 Å². The van der Waals surface area contributed by atoms with Crippen molar-refractivity contribution in [3.8, 4) is 0 Å². The van der Waals surface area contributed by atoms with Crippen LogP contribution in [0.5, 0.6) is 0 Å². The van der Waals surface area contributed by atoms with Crippen LogP contribution in [0.4, 0.5) is 4.79 Å². The molecule has 16 heavy (non-hydrogen) atoms. The van der Waals surface area contributed by atoms with Gasteiger partial charge < -0.3 is 14.8 Å². The van der Waals surface area contributed by atoms with Gasteiger partial charge in [-0.15, -0.1) is 6.58 Å². The number of amides is 1. The Labute approximate surface area is 94.8 Å². The molecule has 1 aliphatic heterocycles. The van der Waals surface area contributed by atoms with Crippen molar-refractivity contribution in [3.05, 3.63) is 12.2 Å². The third kappa shape index (κ3) is 3.25. The maximum absolute atomic E-state index is 11.7. The Morgan fingerprint density at radius 2 is 2.44 bits per heavy atom. The van der Waals surface area contributed by atoms with E-state index < -0.39 is 12.0 Å². The molecule has 1 fully saturated rings. The summed E-state index contributed by atoms with van der Waals surface area (Å²) in [5.74, 6) is -0.731. The van der Waals surface area contributed by atoms with Crippen molar-refractivity contribution in [1.29, 1.82) is 0 Å².